The van der Waals surface area contributed by atoms with Crippen molar-refractivity contribution in [3.63, 3.8) is 0 Å². The van der Waals surface area contributed by atoms with Crippen LogP contribution in [-0.2, 0) is 10.0 Å². The summed E-state index contributed by atoms with van der Waals surface area (Å²) in [5.74, 6) is -1.02. The van der Waals surface area contributed by atoms with Crippen molar-refractivity contribution in [3.05, 3.63) is 59.9 Å². The van der Waals surface area contributed by atoms with Gasteiger partial charge in [0.15, 0.2) is 0 Å². The van der Waals surface area contributed by atoms with Crippen LogP contribution in [0.5, 0.6) is 0 Å². The van der Waals surface area contributed by atoms with Crippen molar-refractivity contribution < 1.29 is 17.6 Å². The fourth-order valence-corrected chi connectivity index (χ4v) is 3.48. The van der Waals surface area contributed by atoms with Crippen molar-refractivity contribution in [2.24, 2.45) is 0 Å². The van der Waals surface area contributed by atoms with E-state index in [0.717, 1.165) is 18.9 Å². The number of amides is 1. The minimum atomic E-state index is -4.00. The molecule has 2 aromatic rings. The number of benzene rings is 2. The number of carbonyl (C=O) groups is 1. The molecule has 1 amide bonds. The highest BCUT2D eigenvalue weighted by atomic mass is 32.2. The highest BCUT2D eigenvalue weighted by Crippen LogP contribution is 2.19. The molecule has 0 aromatic heterocycles. The van der Waals surface area contributed by atoms with Gasteiger partial charge in [-0.25, -0.2) is 12.8 Å². The molecule has 0 aliphatic heterocycles. The second-order valence-electron chi connectivity index (χ2n) is 5.78. The molecule has 2 aromatic carbocycles. The largest absolute Gasteiger partial charge is 0.350 e. The van der Waals surface area contributed by atoms with Crippen molar-refractivity contribution in [3.8, 4) is 0 Å². The minimum absolute atomic E-state index is 0.00528. The van der Waals surface area contributed by atoms with Gasteiger partial charge in [0.05, 0.1) is 10.6 Å². The molecule has 0 aliphatic carbocycles. The smallest absolute Gasteiger partial charge is 0.262 e. The first-order valence-corrected chi connectivity index (χ1v) is 9.50. The third kappa shape index (κ3) is 5.03. The predicted molar refractivity (Wildman–Crippen MR) is 95.5 cm³/mol. The number of sulfonamides is 1. The third-order valence-corrected chi connectivity index (χ3v) is 4.99. The lowest BCUT2D eigenvalue weighted by Gasteiger charge is -2.13. The average molecular weight is 364 g/mol. The molecule has 0 fully saturated rings. The van der Waals surface area contributed by atoms with E-state index in [1.165, 1.54) is 42.5 Å². The van der Waals surface area contributed by atoms with Crippen LogP contribution in [-0.4, -0.2) is 20.4 Å². The lowest BCUT2D eigenvalue weighted by molar-refractivity contribution is 0.0938. The SMILES string of the molecule is CCC[C@@H](C)NC(=O)c1cccc(S(=O)(=O)Nc2ccccc2F)c1. The Morgan fingerprint density at radius 2 is 1.88 bits per heavy atom. The van der Waals surface area contributed by atoms with Crippen LogP contribution in [0.25, 0.3) is 0 Å². The second kappa shape index (κ2) is 8.11. The summed E-state index contributed by atoms with van der Waals surface area (Å²) < 4.78 is 40.8. The second-order valence-corrected chi connectivity index (χ2v) is 7.46. The molecular weight excluding hydrogens is 343 g/mol. The summed E-state index contributed by atoms with van der Waals surface area (Å²) in [5.41, 5.74) is 0.0910. The van der Waals surface area contributed by atoms with Gasteiger partial charge in [-0.2, -0.15) is 0 Å². The molecule has 0 saturated carbocycles. The van der Waals surface area contributed by atoms with Gasteiger partial charge in [0.1, 0.15) is 5.82 Å². The summed E-state index contributed by atoms with van der Waals surface area (Å²) >= 11 is 0. The van der Waals surface area contributed by atoms with Crippen molar-refractivity contribution in [1.29, 1.82) is 0 Å². The predicted octanol–water partition coefficient (Wildman–Crippen LogP) is 3.54. The van der Waals surface area contributed by atoms with E-state index >= 15 is 0 Å². The Bertz CT molecular complexity index is 853. The van der Waals surface area contributed by atoms with Crippen LogP contribution in [0.3, 0.4) is 0 Å². The van der Waals surface area contributed by atoms with Gasteiger partial charge < -0.3 is 5.32 Å². The molecule has 0 bridgehead atoms. The molecule has 0 unspecified atom stereocenters. The fourth-order valence-electron chi connectivity index (χ4n) is 2.36. The third-order valence-electron chi connectivity index (χ3n) is 3.62. The van der Waals surface area contributed by atoms with E-state index < -0.39 is 15.8 Å². The van der Waals surface area contributed by atoms with Crippen molar-refractivity contribution >= 4 is 21.6 Å². The van der Waals surface area contributed by atoms with Crippen LogP contribution in [0.2, 0.25) is 0 Å². The molecule has 5 nitrogen and oxygen atoms in total. The summed E-state index contributed by atoms with van der Waals surface area (Å²) in [6.07, 6.45) is 1.76. The van der Waals surface area contributed by atoms with Gasteiger partial charge >= 0.3 is 0 Å². The Labute approximate surface area is 147 Å². The molecule has 0 saturated heterocycles. The maximum absolute atomic E-state index is 13.7. The van der Waals surface area contributed by atoms with E-state index in [1.807, 2.05) is 13.8 Å². The molecule has 0 radical (unpaired) electrons. The molecule has 7 heteroatoms. The number of hydrogen-bond acceptors (Lipinski definition) is 3. The molecule has 2 N–H and O–H groups in total. The first-order chi connectivity index (χ1) is 11.8. The van der Waals surface area contributed by atoms with Gasteiger partial charge in [0.2, 0.25) is 0 Å². The lowest BCUT2D eigenvalue weighted by atomic mass is 10.1. The standard InChI is InChI=1S/C18H21FN2O3S/c1-3-7-13(2)20-18(22)14-8-6-9-15(12-14)25(23,24)21-17-11-5-4-10-16(17)19/h4-6,8-13,21H,3,7H2,1-2H3,(H,20,22)/t13-/m1/s1. The van der Waals surface area contributed by atoms with Crippen LogP contribution in [0, 0.1) is 5.82 Å². The number of para-hydroxylation sites is 1. The maximum Gasteiger partial charge on any atom is 0.262 e. The van der Waals surface area contributed by atoms with Gasteiger partial charge in [-0.05, 0) is 43.7 Å². The Kier molecular flexibility index (Phi) is 6.14. The van der Waals surface area contributed by atoms with E-state index in [2.05, 4.69) is 10.0 Å². The zero-order valence-electron chi connectivity index (χ0n) is 14.1. The highest BCUT2D eigenvalue weighted by molar-refractivity contribution is 7.92. The zero-order valence-corrected chi connectivity index (χ0v) is 14.9. The lowest BCUT2D eigenvalue weighted by Crippen LogP contribution is -2.32. The van der Waals surface area contributed by atoms with Crippen LogP contribution >= 0.6 is 0 Å². The van der Waals surface area contributed by atoms with E-state index in [-0.39, 0.29) is 28.1 Å². The van der Waals surface area contributed by atoms with E-state index in [9.17, 15) is 17.6 Å². The number of anilines is 1. The minimum Gasteiger partial charge on any atom is -0.350 e. The van der Waals surface area contributed by atoms with E-state index in [4.69, 9.17) is 0 Å². The van der Waals surface area contributed by atoms with Crippen molar-refractivity contribution in [1.82, 2.24) is 5.32 Å². The number of rotatable bonds is 7. The number of hydrogen-bond donors (Lipinski definition) is 2. The van der Waals surface area contributed by atoms with Gasteiger partial charge in [0, 0.05) is 11.6 Å². The molecule has 25 heavy (non-hydrogen) atoms. The van der Waals surface area contributed by atoms with E-state index in [0.29, 0.717) is 0 Å². The number of halogens is 1. The van der Waals surface area contributed by atoms with Crippen molar-refractivity contribution in [2.75, 3.05) is 4.72 Å². The van der Waals surface area contributed by atoms with E-state index in [1.54, 1.807) is 0 Å². The quantitative estimate of drug-likeness (QED) is 0.789. The van der Waals surface area contributed by atoms with Crippen LogP contribution in [0.4, 0.5) is 10.1 Å². The topological polar surface area (TPSA) is 75.3 Å². The molecule has 0 heterocycles. The molecule has 0 aliphatic rings. The fraction of sp³-hybridized carbons (Fsp3) is 0.278. The summed E-state index contributed by atoms with van der Waals surface area (Å²) in [6, 6.07) is 11.1. The first kappa shape index (κ1) is 18.9. The molecule has 1 atom stereocenters. The zero-order chi connectivity index (χ0) is 18.4. The Balaban J connectivity index is 2.22. The maximum atomic E-state index is 13.7. The Morgan fingerprint density at radius 1 is 1.16 bits per heavy atom. The summed E-state index contributed by atoms with van der Waals surface area (Å²) in [6.45, 7) is 3.91. The summed E-state index contributed by atoms with van der Waals surface area (Å²) in [7, 11) is -4.00. The van der Waals surface area contributed by atoms with Crippen LogP contribution < -0.4 is 10.0 Å². The van der Waals surface area contributed by atoms with Gasteiger partial charge in [-0.3, -0.25) is 9.52 Å². The average Bonchev–Trinajstić information content (AvgIpc) is 2.57. The van der Waals surface area contributed by atoms with Crippen molar-refractivity contribution in [2.45, 2.75) is 37.6 Å². The number of carbonyl (C=O) groups excluding carboxylic acids is 1. The molecule has 0 spiro atoms. The number of nitrogens with one attached hydrogen (secondary N) is 2. The van der Waals surface area contributed by atoms with Crippen LogP contribution in [0.15, 0.2) is 53.4 Å². The molecule has 134 valence electrons. The van der Waals surface area contributed by atoms with Gasteiger partial charge in [0.25, 0.3) is 15.9 Å². The van der Waals surface area contributed by atoms with Gasteiger partial charge in [-0.15, -0.1) is 0 Å². The summed E-state index contributed by atoms with van der Waals surface area (Å²) in [5, 5.41) is 2.82. The molecular formula is C18H21FN2O3S. The Morgan fingerprint density at radius 3 is 2.56 bits per heavy atom. The molecule has 2 rings (SSSR count). The first-order valence-electron chi connectivity index (χ1n) is 8.01. The Hall–Kier alpha value is -2.41. The van der Waals surface area contributed by atoms with Gasteiger partial charge in [-0.1, -0.05) is 31.5 Å². The highest BCUT2D eigenvalue weighted by Gasteiger charge is 2.18. The normalized spacial score (nSPS) is 12.4. The summed E-state index contributed by atoms with van der Waals surface area (Å²) in [4.78, 5) is 12.1. The van der Waals surface area contributed by atoms with Crippen LogP contribution in [0.1, 0.15) is 37.0 Å². The monoisotopic (exact) mass is 364 g/mol.